The van der Waals surface area contributed by atoms with E-state index in [0.717, 1.165) is 6.54 Å². The first-order valence-electron chi connectivity index (χ1n) is 11.3. The average molecular weight is 450 g/mol. The van der Waals surface area contributed by atoms with E-state index in [4.69, 9.17) is 9.47 Å². The van der Waals surface area contributed by atoms with Crippen molar-refractivity contribution in [3.8, 4) is 11.5 Å². The summed E-state index contributed by atoms with van der Waals surface area (Å²) >= 11 is 0. The number of anilines is 1. The second-order valence-electron chi connectivity index (χ2n) is 8.52. The van der Waals surface area contributed by atoms with Gasteiger partial charge in [0.15, 0.2) is 11.5 Å². The number of carbonyl (C=O) groups excluding carboxylic acids is 1. The van der Waals surface area contributed by atoms with Crippen LogP contribution in [0.1, 0.15) is 29.8 Å². The molecule has 1 aliphatic heterocycles. The number of amides is 1. The number of carbonyl (C=O) groups is 1. The fraction of sp³-hybridized carbons (Fsp3) is 0.385. The Morgan fingerprint density at radius 2 is 1.76 bits per heavy atom. The third-order valence-corrected chi connectivity index (χ3v) is 6.41. The van der Waals surface area contributed by atoms with Crippen LogP contribution in [0.25, 0.3) is 10.8 Å². The molecule has 33 heavy (non-hydrogen) atoms. The Labute approximate surface area is 194 Å². The van der Waals surface area contributed by atoms with Crippen LogP contribution >= 0.6 is 0 Å². The number of piperazine rings is 1. The minimum absolute atomic E-state index is 0.0786. The van der Waals surface area contributed by atoms with E-state index in [2.05, 4.69) is 43.0 Å². The van der Waals surface area contributed by atoms with Crippen molar-refractivity contribution in [1.29, 1.82) is 0 Å². The van der Waals surface area contributed by atoms with Crippen LogP contribution in [0.2, 0.25) is 0 Å². The van der Waals surface area contributed by atoms with Crippen LogP contribution in [-0.2, 0) is 6.54 Å². The molecule has 1 fully saturated rings. The van der Waals surface area contributed by atoms with Gasteiger partial charge >= 0.3 is 0 Å². The summed E-state index contributed by atoms with van der Waals surface area (Å²) < 4.78 is 12.4. The first-order chi connectivity index (χ1) is 15.9. The maximum Gasteiger partial charge on any atom is 0.258 e. The molecule has 1 aliphatic rings. The second-order valence-corrected chi connectivity index (χ2v) is 8.52. The molecule has 0 radical (unpaired) electrons. The Morgan fingerprint density at radius 1 is 1.06 bits per heavy atom. The predicted molar refractivity (Wildman–Crippen MR) is 131 cm³/mol. The summed E-state index contributed by atoms with van der Waals surface area (Å²) in [4.78, 5) is 30.9. The highest BCUT2D eigenvalue weighted by atomic mass is 16.5. The van der Waals surface area contributed by atoms with Gasteiger partial charge in [-0.1, -0.05) is 12.1 Å². The monoisotopic (exact) mass is 449 g/mol. The van der Waals surface area contributed by atoms with Crippen LogP contribution in [0.4, 0.5) is 5.69 Å². The molecule has 0 N–H and O–H groups in total. The lowest BCUT2D eigenvalue weighted by molar-refractivity contribution is 0.0727. The summed E-state index contributed by atoms with van der Waals surface area (Å²) in [6, 6.07) is 12.0. The summed E-state index contributed by atoms with van der Waals surface area (Å²) in [6.45, 7) is 8.56. The zero-order valence-electron chi connectivity index (χ0n) is 19.9. The number of ether oxygens (including phenoxy) is 2. The number of aromatic nitrogens is 1. The minimum Gasteiger partial charge on any atom is -0.493 e. The summed E-state index contributed by atoms with van der Waals surface area (Å²) in [5, 5.41) is 1.04. The van der Waals surface area contributed by atoms with Crippen LogP contribution in [0, 0.1) is 6.92 Å². The van der Waals surface area contributed by atoms with Gasteiger partial charge in [-0.05, 0) is 50.6 Å². The number of methoxy groups -OCH3 is 2. The van der Waals surface area contributed by atoms with Gasteiger partial charge in [0.25, 0.3) is 11.5 Å². The summed E-state index contributed by atoms with van der Waals surface area (Å²) in [5.41, 5.74) is 2.75. The van der Waals surface area contributed by atoms with Gasteiger partial charge in [0.05, 0.1) is 25.2 Å². The molecule has 0 aliphatic carbocycles. The first kappa shape index (κ1) is 22.7. The molecular weight excluding hydrogens is 418 g/mol. The van der Waals surface area contributed by atoms with Crippen molar-refractivity contribution < 1.29 is 14.3 Å². The fourth-order valence-electron chi connectivity index (χ4n) is 4.63. The highest BCUT2D eigenvalue weighted by Crippen LogP contribution is 2.33. The maximum absolute atomic E-state index is 13.7. The SMILES string of the molecule is CCn1cc(C(=O)N2CCN(c3cccc(C)c3)[C@@H](C)C2)c2cc(OC)c(OC)cc2c1=O. The predicted octanol–water partition coefficient (Wildman–Crippen LogP) is 3.70. The van der Waals surface area contributed by atoms with Gasteiger partial charge in [0.2, 0.25) is 0 Å². The number of aryl methyl sites for hydroxylation is 2. The zero-order valence-corrected chi connectivity index (χ0v) is 19.9. The smallest absolute Gasteiger partial charge is 0.258 e. The molecule has 7 heteroatoms. The molecule has 1 amide bonds. The molecule has 3 aromatic rings. The molecule has 0 saturated carbocycles. The molecule has 1 aromatic heterocycles. The number of hydrogen-bond acceptors (Lipinski definition) is 5. The molecule has 1 atom stereocenters. The van der Waals surface area contributed by atoms with Crippen LogP contribution in [0.3, 0.4) is 0 Å². The molecule has 2 aromatic carbocycles. The molecule has 0 unspecified atom stereocenters. The van der Waals surface area contributed by atoms with Gasteiger partial charge in [0, 0.05) is 49.5 Å². The van der Waals surface area contributed by atoms with Crippen molar-refractivity contribution in [2.75, 3.05) is 38.8 Å². The summed E-state index contributed by atoms with van der Waals surface area (Å²) in [7, 11) is 3.08. The quantitative estimate of drug-likeness (QED) is 0.594. The van der Waals surface area contributed by atoms with Gasteiger partial charge in [-0.3, -0.25) is 9.59 Å². The van der Waals surface area contributed by atoms with Crippen LogP contribution in [-0.4, -0.2) is 55.3 Å². The van der Waals surface area contributed by atoms with Crippen molar-refractivity contribution in [3.63, 3.8) is 0 Å². The first-order valence-corrected chi connectivity index (χ1v) is 11.3. The Hall–Kier alpha value is -3.48. The molecular formula is C26H31N3O4. The van der Waals surface area contributed by atoms with E-state index in [1.165, 1.54) is 18.4 Å². The third-order valence-electron chi connectivity index (χ3n) is 6.41. The largest absolute Gasteiger partial charge is 0.493 e. The Bertz CT molecular complexity index is 1250. The Morgan fingerprint density at radius 3 is 2.36 bits per heavy atom. The van der Waals surface area contributed by atoms with E-state index in [-0.39, 0.29) is 17.5 Å². The molecule has 7 nitrogen and oxygen atoms in total. The number of hydrogen-bond donors (Lipinski definition) is 0. The Kier molecular flexibility index (Phi) is 6.31. The van der Waals surface area contributed by atoms with Crippen LogP contribution in [0.15, 0.2) is 47.4 Å². The number of nitrogens with zero attached hydrogens (tertiary/aromatic N) is 3. The van der Waals surface area contributed by atoms with E-state index in [1.54, 1.807) is 30.0 Å². The fourth-order valence-corrected chi connectivity index (χ4v) is 4.63. The Balaban J connectivity index is 1.71. The standard InChI is InChI=1S/C26H31N3O4/c1-6-27-16-22(20-13-23(32-4)24(33-5)14-21(20)25(27)30)26(31)28-10-11-29(18(3)15-28)19-9-7-8-17(2)12-19/h7-9,12-14,16,18H,6,10-11,15H2,1-5H3/t18-/m0/s1. The number of pyridine rings is 1. The van der Waals surface area contributed by atoms with E-state index in [9.17, 15) is 9.59 Å². The summed E-state index contributed by atoms with van der Waals surface area (Å²) in [6.07, 6.45) is 1.68. The lowest BCUT2D eigenvalue weighted by atomic mass is 10.0. The third kappa shape index (κ3) is 4.15. The van der Waals surface area contributed by atoms with Gasteiger partial charge in [0.1, 0.15) is 0 Å². The lowest BCUT2D eigenvalue weighted by Crippen LogP contribution is -2.54. The van der Waals surface area contributed by atoms with Gasteiger partial charge < -0.3 is 23.8 Å². The van der Waals surface area contributed by atoms with E-state index in [0.29, 0.717) is 47.5 Å². The second kappa shape index (κ2) is 9.17. The van der Waals surface area contributed by atoms with Crippen LogP contribution in [0.5, 0.6) is 11.5 Å². The highest BCUT2D eigenvalue weighted by molar-refractivity contribution is 6.07. The van der Waals surface area contributed by atoms with E-state index < -0.39 is 0 Å². The van der Waals surface area contributed by atoms with Crippen molar-refractivity contribution >= 4 is 22.4 Å². The van der Waals surface area contributed by atoms with Crippen LogP contribution < -0.4 is 19.9 Å². The zero-order chi connectivity index (χ0) is 23.7. The summed E-state index contributed by atoms with van der Waals surface area (Å²) in [5.74, 6) is 0.880. The van der Waals surface area contributed by atoms with Gasteiger partial charge in [-0.25, -0.2) is 0 Å². The van der Waals surface area contributed by atoms with Crippen molar-refractivity contribution in [2.24, 2.45) is 0 Å². The minimum atomic E-state index is -0.150. The van der Waals surface area contributed by atoms with Crippen molar-refractivity contribution in [3.05, 3.63) is 64.1 Å². The molecule has 4 rings (SSSR count). The maximum atomic E-state index is 13.7. The van der Waals surface area contributed by atoms with E-state index >= 15 is 0 Å². The van der Waals surface area contributed by atoms with Crippen molar-refractivity contribution in [2.45, 2.75) is 33.4 Å². The number of fused-ring (bicyclic) bond motifs is 1. The molecule has 2 heterocycles. The highest BCUT2D eigenvalue weighted by Gasteiger charge is 2.29. The lowest BCUT2D eigenvalue weighted by Gasteiger charge is -2.41. The van der Waals surface area contributed by atoms with Gasteiger partial charge in [-0.15, -0.1) is 0 Å². The van der Waals surface area contributed by atoms with Gasteiger partial charge in [-0.2, -0.15) is 0 Å². The topological polar surface area (TPSA) is 64.0 Å². The average Bonchev–Trinajstić information content (AvgIpc) is 2.83. The number of benzene rings is 2. The molecule has 1 saturated heterocycles. The van der Waals surface area contributed by atoms with E-state index in [1.807, 2.05) is 11.8 Å². The normalized spacial score (nSPS) is 16.2. The van der Waals surface area contributed by atoms with Crippen molar-refractivity contribution in [1.82, 2.24) is 9.47 Å². The molecule has 0 spiro atoms. The number of rotatable bonds is 5. The molecule has 174 valence electrons. The molecule has 0 bridgehead atoms.